The van der Waals surface area contributed by atoms with Gasteiger partial charge in [-0.2, -0.15) is 0 Å². The second-order valence-electron chi connectivity index (χ2n) is 4.81. The lowest BCUT2D eigenvalue weighted by atomic mass is 9.97. The Hall–Kier alpha value is -1.13. The molecule has 1 aliphatic rings. The highest BCUT2D eigenvalue weighted by Crippen LogP contribution is 2.44. The first kappa shape index (κ1) is 11.0. The van der Waals surface area contributed by atoms with Crippen LogP contribution in [0.4, 0.5) is 4.39 Å². The summed E-state index contributed by atoms with van der Waals surface area (Å²) in [7, 11) is 0. The van der Waals surface area contributed by atoms with E-state index in [9.17, 15) is 4.39 Å². The highest BCUT2D eigenvalue weighted by molar-refractivity contribution is 6.31. The summed E-state index contributed by atoms with van der Waals surface area (Å²) < 4.78 is 18.8. The maximum absolute atomic E-state index is 13.3. The third kappa shape index (κ3) is 1.72. The quantitative estimate of drug-likeness (QED) is 0.895. The number of fused-ring (bicyclic) bond motifs is 1. The van der Waals surface area contributed by atoms with Gasteiger partial charge in [0.25, 0.3) is 0 Å². The summed E-state index contributed by atoms with van der Waals surface area (Å²) in [4.78, 5) is 4.30. The molecule has 0 amide bonds. The van der Waals surface area contributed by atoms with Gasteiger partial charge in [-0.15, -0.1) is 0 Å². The SMILES string of the molecule is CC(N)(c1nc2cc(Cl)c(F)cc2o1)C1CC1. The Morgan fingerprint density at radius 1 is 1.53 bits per heavy atom. The van der Waals surface area contributed by atoms with Gasteiger partial charge < -0.3 is 10.2 Å². The second kappa shape index (κ2) is 3.43. The number of rotatable bonds is 2. The van der Waals surface area contributed by atoms with Crippen LogP contribution in [0.3, 0.4) is 0 Å². The number of aromatic nitrogens is 1. The highest BCUT2D eigenvalue weighted by atomic mass is 35.5. The van der Waals surface area contributed by atoms with E-state index in [1.165, 1.54) is 12.1 Å². The van der Waals surface area contributed by atoms with Gasteiger partial charge in [-0.1, -0.05) is 11.6 Å². The van der Waals surface area contributed by atoms with Crippen molar-refractivity contribution in [3.63, 3.8) is 0 Å². The van der Waals surface area contributed by atoms with E-state index in [4.69, 9.17) is 21.8 Å². The minimum atomic E-state index is -0.581. The van der Waals surface area contributed by atoms with Crippen LogP contribution in [0.5, 0.6) is 0 Å². The molecule has 1 fully saturated rings. The fourth-order valence-corrected chi connectivity index (χ4v) is 2.17. The van der Waals surface area contributed by atoms with Crippen LogP contribution < -0.4 is 5.73 Å². The van der Waals surface area contributed by atoms with E-state index in [1.54, 1.807) is 0 Å². The third-order valence-electron chi connectivity index (χ3n) is 3.32. The highest BCUT2D eigenvalue weighted by Gasteiger charge is 2.43. The molecule has 2 N–H and O–H groups in total. The summed E-state index contributed by atoms with van der Waals surface area (Å²) in [6.45, 7) is 1.90. The molecular weight excluding hydrogens is 243 g/mol. The summed E-state index contributed by atoms with van der Waals surface area (Å²) in [5, 5.41) is 0.0440. The average Bonchev–Trinajstić information content (AvgIpc) is 3.03. The summed E-state index contributed by atoms with van der Waals surface area (Å²) in [5.74, 6) is 0.347. The number of hydrogen-bond acceptors (Lipinski definition) is 3. The van der Waals surface area contributed by atoms with E-state index in [-0.39, 0.29) is 5.02 Å². The maximum atomic E-state index is 13.3. The zero-order chi connectivity index (χ0) is 12.2. The molecule has 1 aromatic heterocycles. The zero-order valence-electron chi connectivity index (χ0n) is 9.34. The maximum Gasteiger partial charge on any atom is 0.215 e. The number of hydrogen-bond donors (Lipinski definition) is 1. The molecule has 0 bridgehead atoms. The molecule has 5 heteroatoms. The van der Waals surface area contributed by atoms with Gasteiger partial charge in [0, 0.05) is 6.07 Å². The first-order chi connectivity index (χ1) is 7.98. The van der Waals surface area contributed by atoms with E-state index in [1.807, 2.05) is 6.92 Å². The smallest absolute Gasteiger partial charge is 0.215 e. The molecule has 0 radical (unpaired) electrons. The van der Waals surface area contributed by atoms with Gasteiger partial charge in [-0.3, -0.25) is 0 Å². The number of benzene rings is 1. The number of nitrogens with zero attached hydrogens (tertiary/aromatic N) is 1. The van der Waals surface area contributed by atoms with Crippen molar-refractivity contribution >= 4 is 22.7 Å². The van der Waals surface area contributed by atoms with E-state index in [0.29, 0.717) is 22.9 Å². The minimum absolute atomic E-state index is 0.0440. The van der Waals surface area contributed by atoms with Crippen LogP contribution in [0, 0.1) is 11.7 Å². The molecule has 0 spiro atoms. The first-order valence-corrected chi connectivity index (χ1v) is 5.91. The van der Waals surface area contributed by atoms with Gasteiger partial charge in [-0.05, 0) is 31.7 Å². The molecule has 0 aliphatic heterocycles. The largest absolute Gasteiger partial charge is 0.439 e. The number of halogens is 2. The van der Waals surface area contributed by atoms with Gasteiger partial charge >= 0.3 is 0 Å². The first-order valence-electron chi connectivity index (χ1n) is 5.53. The Labute approximate surface area is 103 Å². The number of nitrogens with two attached hydrogens (primary N) is 1. The van der Waals surface area contributed by atoms with Crippen LogP contribution in [0.25, 0.3) is 11.1 Å². The summed E-state index contributed by atoms with van der Waals surface area (Å²) in [6.07, 6.45) is 2.17. The molecule has 3 nitrogen and oxygen atoms in total. The monoisotopic (exact) mass is 254 g/mol. The fraction of sp³-hybridized carbons (Fsp3) is 0.417. The van der Waals surface area contributed by atoms with Crippen LogP contribution in [-0.4, -0.2) is 4.98 Å². The van der Waals surface area contributed by atoms with Gasteiger partial charge in [0.2, 0.25) is 5.89 Å². The van der Waals surface area contributed by atoms with Crippen LogP contribution in [0.1, 0.15) is 25.7 Å². The predicted octanol–water partition coefficient (Wildman–Crippen LogP) is 3.20. The van der Waals surface area contributed by atoms with Crippen LogP contribution in [0.2, 0.25) is 5.02 Å². The lowest BCUT2D eigenvalue weighted by Crippen LogP contribution is -2.35. The van der Waals surface area contributed by atoms with Crippen molar-refractivity contribution in [2.45, 2.75) is 25.3 Å². The Morgan fingerprint density at radius 3 is 2.88 bits per heavy atom. The molecule has 1 unspecified atom stereocenters. The molecule has 2 aromatic rings. The van der Waals surface area contributed by atoms with Crippen molar-refractivity contribution in [3.05, 3.63) is 28.9 Å². The minimum Gasteiger partial charge on any atom is -0.439 e. The predicted molar refractivity (Wildman–Crippen MR) is 63.2 cm³/mol. The van der Waals surface area contributed by atoms with Gasteiger partial charge in [0.1, 0.15) is 11.3 Å². The molecule has 1 aliphatic carbocycles. The van der Waals surface area contributed by atoms with Crippen molar-refractivity contribution < 1.29 is 8.81 Å². The third-order valence-corrected chi connectivity index (χ3v) is 3.61. The van der Waals surface area contributed by atoms with Crippen LogP contribution in [-0.2, 0) is 5.54 Å². The second-order valence-corrected chi connectivity index (χ2v) is 5.22. The zero-order valence-corrected chi connectivity index (χ0v) is 10.1. The van der Waals surface area contributed by atoms with Crippen molar-refractivity contribution in [1.29, 1.82) is 0 Å². The van der Waals surface area contributed by atoms with Gasteiger partial charge in [0.15, 0.2) is 5.58 Å². The number of oxazole rings is 1. The standard InChI is InChI=1S/C12H12ClFN2O/c1-12(15,6-2-3-6)11-16-9-4-7(13)8(14)5-10(9)17-11/h4-6H,2-3,15H2,1H3. The van der Waals surface area contributed by atoms with E-state index in [2.05, 4.69) is 4.98 Å². The lowest BCUT2D eigenvalue weighted by Gasteiger charge is -2.19. The average molecular weight is 255 g/mol. The Morgan fingerprint density at radius 2 is 2.24 bits per heavy atom. The van der Waals surface area contributed by atoms with Crippen molar-refractivity contribution in [3.8, 4) is 0 Å². The van der Waals surface area contributed by atoms with E-state index >= 15 is 0 Å². The molecule has 17 heavy (non-hydrogen) atoms. The van der Waals surface area contributed by atoms with Gasteiger partial charge in [0.05, 0.1) is 10.6 Å². The van der Waals surface area contributed by atoms with Gasteiger partial charge in [-0.25, -0.2) is 9.37 Å². The summed E-state index contributed by atoms with van der Waals surface area (Å²) in [5.41, 5.74) is 6.55. The van der Waals surface area contributed by atoms with Crippen molar-refractivity contribution in [1.82, 2.24) is 4.98 Å². The molecular formula is C12H12ClFN2O. The lowest BCUT2D eigenvalue weighted by molar-refractivity contribution is 0.326. The normalized spacial score (nSPS) is 19.5. The van der Waals surface area contributed by atoms with E-state index < -0.39 is 11.4 Å². The molecule has 1 saturated carbocycles. The van der Waals surface area contributed by atoms with Crippen molar-refractivity contribution in [2.75, 3.05) is 0 Å². The van der Waals surface area contributed by atoms with Crippen molar-refractivity contribution in [2.24, 2.45) is 11.7 Å². The Kier molecular flexibility index (Phi) is 2.22. The van der Waals surface area contributed by atoms with Crippen LogP contribution in [0.15, 0.2) is 16.5 Å². The molecule has 1 heterocycles. The Bertz CT molecular complexity index is 550. The van der Waals surface area contributed by atoms with E-state index in [0.717, 1.165) is 12.8 Å². The molecule has 1 atom stereocenters. The molecule has 90 valence electrons. The fourth-order valence-electron chi connectivity index (χ4n) is 2.01. The summed E-state index contributed by atoms with van der Waals surface area (Å²) in [6, 6.07) is 2.71. The molecule has 0 saturated heterocycles. The molecule has 1 aromatic carbocycles. The Balaban J connectivity index is 2.13. The molecule has 3 rings (SSSR count). The topological polar surface area (TPSA) is 52.0 Å². The summed E-state index contributed by atoms with van der Waals surface area (Å²) >= 11 is 5.70. The van der Waals surface area contributed by atoms with Crippen LogP contribution >= 0.6 is 11.6 Å².